The Bertz CT molecular complexity index is 1100. The molecule has 1 heterocycles. The van der Waals surface area contributed by atoms with Gasteiger partial charge in [-0.1, -0.05) is 42.5 Å². The van der Waals surface area contributed by atoms with E-state index in [4.69, 9.17) is 9.15 Å². The van der Waals surface area contributed by atoms with Crippen molar-refractivity contribution < 1.29 is 23.5 Å². The number of Topliss-reactive ketones (excluding diaryl/α,β-unsaturated/α-hetero) is 1. The molecule has 0 aliphatic heterocycles. The molecule has 0 bridgehead atoms. The number of benzene rings is 2. The molecule has 1 aromatic heterocycles. The van der Waals surface area contributed by atoms with Gasteiger partial charge in [0.25, 0.3) is 5.91 Å². The number of oxazole rings is 1. The SMILES string of the molecule is CC(=O)[C@H](Cc1ccccc1)NC(=O)COC(=O)CCn1c(=O)oc2ccccc21. The maximum atomic E-state index is 12.1. The number of nitrogens with one attached hydrogen (secondary N) is 1. The minimum Gasteiger partial charge on any atom is -0.456 e. The summed E-state index contributed by atoms with van der Waals surface area (Å²) in [6, 6.07) is 15.5. The van der Waals surface area contributed by atoms with E-state index in [1.165, 1.54) is 11.5 Å². The lowest BCUT2D eigenvalue weighted by Gasteiger charge is -2.16. The van der Waals surface area contributed by atoms with E-state index in [0.29, 0.717) is 17.5 Å². The van der Waals surface area contributed by atoms with Gasteiger partial charge in [-0.3, -0.25) is 19.0 Å². The molecule has 2 aromatic carbocycles. The fourth-order valence-corrected chi connectivity index (χ4v) is 3.03. The average Bonchev–Trinajstić information content (AvgIpc) is 3.06. The first kappa shape index (κ1) is 21.0. The molecule has 0 spiro atoms. The van der Waals surface area contributed by atoms with Crippen LogP contribution in [0.1, 0.15) is 18.9 Å². The average molecular weight is 410 g/mol. The molecule has 3 rings (SSSR count). The summed E-state index contributed by atoms with van der Waals surface area (Å²) in [6.45, 7) is 0.964. The van der Waals surface area contributed by atoms with Crippen molar-refractivity contribution in [2.45, 2.75) is 32.4 Å². The second-order valence-corrected chi connectivity index (χ2v) is 6.82. The van der Waals surface area contributed by atoms with E-state index < -0.39 is 30.3 Å². The van der Waals surface area contributed by atoms with Crippen LogP contribution in [-0.4, -0.2) is 34.9 Å². The Balaban J connectivity index is 1.48. The molecule has 0 radical (unpaired) electrons. The molecule has 0 aliphatic rings. The van der Waals surface area contributed by atoms with Crippen LogP contribution in [0, 0.1) is 0 Å². The standard InChI is InChI=1S/C22H22N2O6/c1-15(25)17(13-16-7-3-2-4-8-16)23-20(26)14-29-21(27)11-12-24-18-9-5-6-10-19(18)30-22(24)28/h2-10,17H,11-14H2,1H3,(H,23,26)/t17-/m0/s1. The van der Waals surface area contributed by atoms with E-state index >= 15 is 0 Å². The van der Waals surface area contributed by atoms with Crippen molar-refractivity contribution in [2.75, 3.05) is 6.61 Å². The van der Waals surface area contributed by atoms with Crippen LogP contribution in [0.15, 0.2) is 63.8 Å². The number of aryl methyl sites for hydroxylation is 1. The number of nitrogens with zero attached hydrogens (tertiary/aromatic N) is 1. The quantitative estimate of drug-likeness (QED) is 0.540. The fraction of sp³-hybridized carbons (Fsp3) is 0.273. The van der Waals surface area contributed by atoms with Crippen LogP contribution < -0.4 is 11.1 Å². The lowest BCUT2D eigenvalue weighted by molar-refractivity contribution is -0.149. The van der Waals surface area contributed by atoms with Crippen LogP contribution in [0.2, 0.25) is 0 Å². The van der Waals surface area contributed by atoms with Crippen molar-refractivity contribution in [2.24, 2.45) is 0 Å². The second kappa shape index (κ2) is 9.69. The number of aromatic nitrogens is 1. The van der Waals surface area contributed by atoms with Gasteiger partial charge in [-0.05, 0) is 31.0 Å². The van der Waals surface area contributed by atoms with Gasteiger partial charge in [0.15, 0.2) is 18.0 Å². The van der Waals surface area contributed by atoms with Gasteiger partial charge in [0, 0.05) is 6.54 Å². The Labute approximate surface area is 172 Å². The van der Waals surface area contributed by atoms with Crippen LogP contribution >= 0.6 is 0 Å². The molecular weight excluding hydrogens is 388 g/mol. The lowest BCUT2D eigenvalue weighted by atomic mass is 10.0. The number of hydrogen-bond acceptors (Lipinski definition) is 6. The highest BCUT2D eigenvalue weighted by atomic mass is 16.5. The van der Waals surface area contributed by atoms with Crippen molar-refractivity contribution in [3.05, 3.63) is 70.7 Å². The summed E-state index contributed by atoms with van der Waals surface area (Å²) in [5.74, 6) is -1.95. The van der Waals surface area contributed by atoms with Crippen molar-refractivity contribution in [1.29, 1.82) is 0 Å². The van der Waals surface area contributed by atoms with Gasteiger partial charge >= 0.3 is 11.7 Å². The summed E-state index contributed by atoms with van der Waals surface area (Å²) < 4.78 is 11.4. The van der Waals surface area contributed by atoms with E-state index in [0.717, 1.165) is 5.56 Å². The Kier molecular flexibility index (Phi) is 6.79. The predicted molar refractivity (Wildman–Crippen MR) is 109 cm³/mol. The highest BCUT2D eigenvalue weighted by molar-refractivity contribution is 5.88. The molecule has 3 aromatic rings. The molecule has 1 amide bonds. The Hall–Kier alpha value is -3.68. The molecular formula is C22H22N2O6. The summed E-state index contributed by atoms with van der Waals surface area (Å²) in [5.41, 5.74) is 1.93. The molecule has 0 aliphatic carbocycles. The zero-order chi connectivity index (χ0) is 21.5. The highest BCUT2D eigenvalue weighted by Crippen LogP contribution is 2.12. The van der Waals surface area contributed by atoms with E-state index in [-0.39, 0.29) is 18.7 Å². The third kappa shape index (κ3) is 5.44. The van der Waals surface area contributed by atoms with Gasteiger partial charge in [-0.25, -0.2) is 4.79 Å². The number of ether oxygens (including phenoxy) is 1. The van der Waals surface area contributed by atoms with Crippen LogP contribution in [-0.2, 0) is 32.1 Å². The first-order valence-electron chi connectivity index (χ1n) is 9.52. The first-order valence-corrected chi connectivity index (χ1v) is 9.52. The molecule has 8 nitrogen and oxygen atoms in total. The molecule has 0 saturated carbocycles. The molecule has 8 heteroatoms. The first-order chi connectivity index (χ1) is 14.4. The summed E-state index contributed by atoms with van der Waals surface area (Å²) >= 11 is 0. The topological polar surface area (TPSA) is 108 Å². The summed E-state index contributed by atoms with van der Waals surface area (Å²) in [5, 5.41) is 2.59. The number of ketones is 1. The van der Waals surface area contributed by atoms with Crippen LogP contribution in [0.5, 0.6) is 0 Å². The molecule has 0 unspecified atom stereocenters. The van der Waals surface area contributed by atoms with Crippen LogP contribution in [0.4, 0.5) is 0 Å². The van der Waals surface area contributed by atoms with E-state index in [9.17, 15) is 19.2 Å². The molecule has 30 heavy (non-hydrogen) atoms. The smallest absolute Gasteiger partial charge is 0.419 e. The minimum absolute atomic E-state index is 0.0698. The number of amides is 1. The number of para-hydroxylation sites is 2. The number of esters is 1. The van der Waals surface area contributed by atoms with Gasteiger partial charge in [-0.2, -0.15) is 0 Å². The zero-order valence-corrected chi connectivity index (χ0v) is 16.5. The summed E-state index contributed by atoms with van der Waals surface area (Å²) in [4.78, 5) is 47.8. The van der Waals surface area contributed by atoms with Gasteiger partial charge in [-0.15, -0.1) is 0 Å². The molecule has 156 valence electrons. The van der Waals surface area contributed by atoms with Crippen molar-refractivity contribution in [3.8, 4) is 0 Å². The molecule has 1 atom stereocenters. The Morgan fingerprint density at radius 1 is 1.07 bits per heavy atom. The Morgan fingerprint density at radius 2 is 1.77 bits per heavy atom. The number of fused-ring (bicyclic) bond motifs is 1. The number of carbonyl (C=O) groups excluding carboxylic acids is 3. The van der Waals surface area contributed by atoms with Gasteiger partial charge in [0.1, 0.15) is 0 Å². The molecule has 0 fully saturated rings. The maximum Gasteiger partial charge on any atom is 0.419 e. The minimum atomic E-state index is -0.700. The second-order valence-electron chi connectivity index (χ2n) is 6.82. The number of carbonyl (C=O) groups is 3. The third-order valence-electron chi connectivity index (χ3n) is 4.59. The maximum absolute atomic E-state index is 12.1. The van der Waals surface area contributed by atoms with Crippen LogP contribution in [0.25, 0.3) is 11.1 Å². The van der Waals surface area contributed by atoms with Gasteiger partial charge < -0.3 is 14.5 Å². The molecule has 1 N–H and O–H groups in total. The monoisotopic (exact) mass is 410 g/mol. The van der Waals surface area contributed by atoms with E-state index in [1.807, 2.05) is 30.3 Å². The third-order valence-corrected chi connectivity index (χ3v) is 4.59. The lowest BCUT2D eigenvalue weighted by Crippen LogP contribution is -2.43. The van der Waals surface area contributed by atoms with Crippen molar-refractivity contribution >= 4 is 28.8 Å². The number of rotatable bonds is 9. The normalized spacial score (nSPS) is 11.8. The Morgan fingerprint density at radius 3 is 2.50 bits per heavy atom. The predicted octanol–water partition coefficient (Wildman–Crippen LogP) is 1.84. The van der Waals surface area contributed by atoms with Crippen LogP contribution in [0.3, 0.4) is 0 Å². The molecule has 0 saturated heterocycles. The van der Waals surface area contributed by atoms with E-state index in [2.05, 4.69) is 5.32 Å². The van der Waals surface area contributed by atoms with Gasteiger partial charge in [0.2, 0.25) is 0 Å². The number of hydrogen-bond donors (Lipinski definition) is 1. The van der Waals surface area contributed by atoms with E-state index in [1.54, 1.807) is 24.3 Å². The zero-order valence-electron chi connectivity index (χ0n) is 16.5. The van der Waals surface area contributed by atoms with Crippen molar-refractivity contribution in [3.63, 3.8) is 0 Å². The summed E-state index contributed by atoms with van der Waals surface area (Å²) in [7, 11) is 0. The highest BCUT2D eigenvalue weighted by Gasteiger charge is 2.19. The fourth-order valence-electron chi connectivity index (χ4n) is 3.03. The summed E-state index contributed by atoms with van der Waals surface area (Å²) in [6.07, 6.45) is 0.253. The largest absolute Gasteiger partial charge is 0.456 e. The van der Waals surface area contributed by atoms with Gasteiger partial charge in [0.05, 0.1) is 18.0 Å². The van der Waals surface area contributed by atoms with Crippen molar-refractivity contribution in [1.82, 2.24) is 9.88 Å².